The number of primary amides is 1. The molecule has 0 radical (unpaired) electrons. The molecule has 0 saturated heterocycles. The lowest BCUT2D eigenvalue weighted by molar-refractivity contribution is 0.0972. The van der Waals surface area contributed by atoms with Crippen molar-refractivity contribution < 1.29 is 9.21 Å². The normalized spacial score (nSPS) is 11.2. The predicted molar refractivity (Wildman–Crippen MR) is 147 cm³/mol. The van der Waals surface area contributed by atoms with E-state index in [9.17, 15) is 4.79 Å². The van der Waals surface area contributed by atoms with Crippen molar-refractivity contribution in [1.29, 1.82) is 0 Å². The fourth-order valence-corrected chi connectivity index (χ4v) is 3.50. The maximum atomic E-state index is 11.2. The van der Waals surface area contributed by atoms with Crippen molar-refractivity contribution in [2.75, 3.05) is 19.6 Å². The van der Waals surface area contributed by atoms with E-state index in [4.69, 9.17) is 10.2 Å². The average molecular weight is 575 g/mol. The van der Waals surface area contributed by atoms with Gasteiger partial charge in [0, 0.05) is 32.7 Å². The van der Waals surface area contributed by atoms with E-state index in [0.717, 1.165) is 39.1 Å². The van der Waals surface area contributed by atoms with Gasteiger partial charge in [-0.2, -0.15) is 0 Å². The second-order valence-corrected chi connectivity index (χ2v) is 7.79. The Kier molecular flexibility index (Phi) is 12.2. The van der Waals surface area contributed by atoms with Crippen LogP contribution in [0.1, 0.15) is 40.8 Å². The number of benzene rings is 2. The highest BCUT2D eigenvalue weighted by Crippen LogP contribution is 2.11. The Labute approximate surface area is 218 Å². The highest BCUT2D eigenvalue weighted by molar-refractivity contribution is 14.0. The fraction of sp³-hybridized carbons (Fsp3) is 0.308. The summed E-state index contributed by atoms with van der Waals surface area (Å²) in [5, 5.41) is 6.62. The summed E-state index contributed by atoms with van der Waals surface area (Å²) in [6.07, 6.45) is 0.969. The third kappa shape index (κ3) is 9.56. The first-order valence-corrected chi connectivity index (χ1v) is 11.3. The summed E-state index contributed by atoms with van der Waals surface area (Å²) < 4.78 is 5.40. The summed E-state index contributed by atoms with van der Waals surface area (Å²) in [7, 11) is 0. The number of carbonyl (C=O) groups is 1. The van der Waals surface area contributed by atoms with Gasteiger partial charge >= 0.3 is 0 Å². The number of guanidine groups is 1. The van der Waals surface area contributed by atoms with Crippen molar-refractivity contribution in [3.63, 3.8) is 0 Å². The number of furan rings is 1. The third-order valence-corrected chi connectivity index (χ3v) is 5.08. The number of hydrogen-bond acceptors (Lipinski definition) is 4. The van der Waals surface area contributed by atoms with Crippen molar-refractivity contribution in [3.05, 3.63) is 95.4 Å². The quantitative estimate of drug-likeness (QED) is 0.131. The number of carbonyl (C=O) groups excluding carboxylic acids is 1. The fourth-order valence-electron chi connectivity index (χ4n) is 3.50. The minimum atomic E-state index is -0.578. The lowest BCUT2D eigenvalue weighted by atomic mass is 10.1. The van der Waals surface area contributed by atoms with Gasteiger partial charge in [0.1, 0.15) is 12.3 Å². The van der Waals surface area contributed by atoms with E-state index in [1.165, 1.54) is 11.1 Å². The minimum absolute atomic E-state index is 0. The smallest absolute Gasteiger partial charge is 0.284 e. The van der Waals surface area contributed by atoms with Crippen LogP contribution in [0.3, 0.4) is 0 Å². The van der Waals surface area contributed by atoms with E-state index in [-0.39, 0.29) is 29.7 Å². The highest BCUT2D eigenvalue weighted by Gasteiger charge is 2.09. The van der Waals surface area contributed by atoms with E-state index < -0.39 is 5.91 Å². The topological polar surface area (TPSA) is 95.9 Å². The SMILES string of the molecule is CCNC(=NCc1ccc(C(N)=O)o1)NCCCN(Cc1ccccc1)Cc1ccccc1.I. The largest absolute Gasteiger partial charge is 0.454 e. The molecule has 0 atom stereocenters. The van der Waals surface area contributed by atoms with E-state index in [1.807, 2.05) is 19.1 Å². The summed E-state index contributed by atoms with van der Waals surface area (Å²) in [6.45, 7) is 6.67. The molecule has 182 valence electrons. The number of amides is 1. The van der Waals surface area contributed by atoms with E-state index in [2.05, 4.69) is 69.1 Å². The Morgan fingerprint density at radius 3 is 2.09 bits per heavy atom. The first-order chi connectivity index (χ1) is 16.1. The summed E-state index contributed by atoms with van der Waals surface area (Å²) in [4.78, 5) is 18.2. The molecule has 1 aromatic heterocycles. The molecule has 0 fully saturated rings. The molecule has 8 heteroatoms. The molecule has 1 amide bonds. The molecule has 0 aliphatic rings. The van der Waals surface area contributed by atoms with Crippen LogP contribution in [-0.4, -0.2) is 36.4 Å². The molecule has 4 N–H and O–H groups in total. The van der Waals surface area contributed by atoms with Crippen molar-refractivity contribution >= 4 is 35.8 Å². The summed E-state index contributed by atoms with van der Waals surface area (Å²) in [5.74, 6) is 0.881. The van der Waals surface area contributed by atoms with E-state index >= 15 is 0 Å². The molecule has 2 aromatic carbocycles. The number of nitrogens with zero attached hydrogens (tertiary/aromatic N) is 2. The van der Waals surface area contributed by atoms with Gasteiger partial charge in [0.05, 0.1) is 0 Å². The zero-order valence-corrected chi connectivity index (χ0v) is 21.9. The van der Waals surface area contributed by atoms with Crippen LogP contribution in [0.2, 0.25) is 0 Å². The van der Waals surface area contributed by atoms with Gasteiger partial charge in [-0.3, -0.25) is 9.69 Å². The molecular formula is C26H34IN5O2. The molecule has 0 aliphatic carbocycles. The first kappa shape index (κ1) is 27.4. The second-order valence-electron chi connectivity index (χ2n) is 7.79. The van der Waals surface area contributed by atoms with Crippen molar-refractivity contribution in [2.24, 2.45) is 10.7 Å². The van der Waals surface area contributed by atoms with Crippen molar-refractivity contribution in [2.45, 2.75) is 33.0 Å². The van der Waals surface area contributed by atoms with Crippen LogP contribution in [0.4, 0.5) is 0 Å². The maximum absolute atomic E-state index is 11.2. The van der Waals surface area contributed by atoms with Crippen molar-refractivity contribution in [3.8, 4) is 0 Å². The van der Waals surface area contributed by atoms with Gasteiger partial charge in [0.15, 0.2) is 11.7 Å². The molecule has 3 rings (SSSR count). The number of hydrogen-bond donors (Lipinski definition) is 3. The van der Waals surface area contributed by atoms with Gasteiger partial charge in [-0.25, -0.2) is 4.99 Å². The van der Waals surface area contributed by atoms with Crippen molar-refractivity contribution in [1.82, 2.24) is 15.5 Å². The van der Waals surface area contributed by atoms with Crippen LogP contribution in [0.5, 0.6) is 0 Å². The van der Waals surface area contributed by atoms with Crippen LogP contribution in [0.15, 0.2) is 82.2 Å². The van der Waals surface area contributed by atoms with E-state index in [0.29, 0.717) is 18.3 Å². The zero-order chi connectivity index (χ0) is 23.3. The van der Waals surface area contributed by atoms with Gasteiger partial charge in [0.25, 0.3) is 5.91 Å². The first-order valence-electron chi connectivity index (χ1n) is 11.3. The average Bonchev–Trinajstić information content (AvgIpc) is 3.31. The Morgan fingerprint density at radius 2 is 1.56 bits per heavy atom. The zero-order valence-electron chi connectivity index (χ0n) is 19.6. The number of aliphatic imine (C=N–C) groups is 1. The number of nitrogens with one attached hydrogen (secondary N) is 2. The van der Waals surface area contributed by atoms with Gasteiger partial charge in [-0.05, 0) is 36.6 Å². The number of halogens is 1. The molecule has 0 unspecified atom stereocenters. The third-order valence-electron chi connectivity index (χ3n) is 5.08. The molecule has 3 aromatic rings. The Morgan fingerprint density at radius 1 is 0.941 bits per heavy atom. The summed E-state index contributed by atoms with van der Waals surface area (Å²) in [5.41, 5.74) is 7.86. The molecule has 0 saturated carbocycles. The van der Waals surface area contributed by atoms with Gasteiger partial charge < -0.3 is 20.8 Å². The number of rotatable bonds is 12. The summed E-state index contributed by atoms with van der Waals surface area (Å²) >= 11 is 0. The maximum Gasteiger partial charge on any atom is 0.284 e. The lowest BCUT2D eigenvalue weighted by Crippen LogP contribution is -2.38. The Bertz CT molecular complexity index is 967. The Balaban J connectivity index is 0.00000408. The van der Waals surface area contributed by atoms with E-state index in [1.54, 1.807) is 12.1 Å². The standard InChI is InChI=1S/C26H33N5O2.HI/c1-2-28-26(30-18-23-14-15-24(33-23)25(27)32)29-16-9-17-31(19-21-10-5-3-6-11-21)20-22-12-7-4-8-13-22;/h3-8,10-15H,2,9,16-20H2,1H3,(H2,27,32)(H2,28,29,30);1H. The Hall–Kier alpha value is -2.85. The van der Waals surface area contributed by atoms with Gasteiger partial charge in [-0.1, -0.05) is 60.7 Å². The molecule has 1 heterocycles. The second kappa shape index (κ2) is 15.1. The van der Waals surface area contributed by atoms with Crippen LogP contribution in [0, 0.1) is 0 Å². The highest BCUT2D eigenvalue weighted by atomic mass is 127. The number of nitrogens with two attached hydrogens (primary N) is 1. The van der Waals surface area contributed by atoms with Crippen LogP contribution < -0.4 is 16.4 Å². The molecular weight excluding hydrogens is 541 g/mol. The minimum Gasteiger partial charge on any atom is -0.454 e. The van der Waals surface area contributed by atoms with Crippen LogP contribution in [-0.2, 0) is 19.6 Å². The monoisotopic (exact) mass is 575 g/mol. The molecule has 34 heavy (non-hydrogen) atoms. The van der Waals surface area contributed by atoms with Crippen LogP contribution >= 0.6 is 24.0 Å². The van der Waals surface area contributed by atoms with Crippen LogP contribution in [0.25, 0.3) is 0 Å². The predicted octanol–water partition coefficient (Wildman–Crippen LogP) is 4.14. The molecule has 0 spiro atoms. The molecule has 7 nitrogen and oxygen atoms in total. The lowest BCUT2D eigenvalue weighted by Gasteiger charge is -2.23. The molecule has 0 bridgehead atoms. The summed E-state index contributed by atoms with van der Waals surface area (Å²) in [6, 6.07) is 24.4. The van der Waals surface area contributed by atoms with Gasteiger partial charge in [-0.15, -0.1) is 24.0 Å². The molecule has 0 aliphatic heterocycles. The van der Waals surface area contributed by atoms with Gasteiger partial charge in [0.2, 0.25) is 0 Å².